The van der Waals surface area contributed by atoms with Crippen LogP contribution in [0.4, 0.5) is 5.82 Å². The number of anilines is 1. The number of rotatable bonds is 4. The van der Waals surface area contributed by atoms with E-state index >= 15 is 0 Å². The first kappa shape index (κ1) is 15.5. The zero-order chi connectivity index (χ0) is 16.2. The highest BCUT2D eigenvalue weighted by Crippen LogP contribution is 2.21. The Morgan fingerprint density at radius 2 is 2.09 bits per heavy atom. The molecular weight excluding hydrogens is 290 g/mol. The van der Waals surface area contributed by atoms with Crippen molar-refractivity contribution in [2.75, 3.05) is 18.0 Å². The van der Waals surface area contributed by atoms with Gasteiger partial charge in [-0.25, -0.2) is 4.98 Å². The molecular formula is C17H23N5O. The predicted octanol–water partition coefficient (Wildman–Crippen LogP) is 1.98. The van der Waals surface area contributed by atoms with Crippen LogP contribution in [-0.4, -0.2) is 33.8 Å². The lowest BCUT2D eigenvalue weighted by Gasteiger charge is -2.31. The van der Waals surface area contributed by atoms with Gasteiger partial charge in [-0.2, -0.15) is 5.10 Å². The third-order valence-corrected chi connectivity index (χ3v) is 4.34. The maximum Gasteiger partial charge on any atom is 0.254 e. The topological polar surface area (TPSA) is 63.1 Å². The Labute approximate surface area is 136 Å². The van der Waals surface area contributed by atoms with Crippen molar-refractivity contribution >= 4 is 11.7 Å². The van der Waals surface area contributed by atoms with Gasteiger partial charge in [0.25, 0.3) is 5.91 Å². The molecule has 6 heteroatoms. The van der Waals surface area contributed by atoms with Crippen LogP contribution in [0.5, 0.6) is 0 Å². The molecule has 0 atom stereocenters. The molecule has 0 bridgehead atoms. The van der Waals surface area contributed by atoms with Crippen LogP contribution in [-0.2, 0) is 13.6 Å². The maximum absolute atomic E-state index is 12.0. The van der Waals surface area contributed by atoms with Gasteiger partial charge in [0.2, 0.25) is 0 Å². The monoisotopic (exact) mass is 313 g/mol. The lowest BCUT2D eigenvalue weighted by atomic mass is 9.99. The van der Waals surface area contributed by atoms with Crippen molar-refractivity contribution in [1.82, 2.24) is 20.1 Å². The van der Waals surface area contributed by atoms with Crippen LogP contribution in [0.1, 0.15) is 35.7 Å². The van der Waals surface area contributed by atoms with E-state index in [9.17, 15) is 4.79 Å². The van der Waals surface area contributed by atoms with Crippen LogP contribution in [0.3, 0.4) is 0 Å². The summed E-state index contributed by atoms with van der Waals surface area (Å²) in [6.45, 7) is 4.92. The maximum atomic E-state index is 12.0. The van der Waals surface area contributed by atoms with E-state index in [1.807, 2.05) is 18.3 Å². The second kappa shape index (κ2) is 6.81. The van der Waals surface area contributed by atoms with E-state index in [0.717, 1.165) is 30.4 Å². The van der Waals surface area contributed by atoms with Crippen molar-refractivity contribution < 1.29 is 4.79 Å². The van der Waals surface area contributed by atoms with Crippen LogP contribution in [0.2, 0.25) is 0 Å². The smallest absolute Gasteiger partial charge is 0.254 e. The molecule has 23 heavy (non-hydrogen) atoms. The molecule has 0 unspecified atom stereocenters. The molecule has 0 aromatic carbocycles. The fraction of sp³-hybridized carbons (Fsp3) is 0.471. The number of pyridine rings is 1. The molecule has 0 spiro atoms. The Bertz CT molecular complexity index is 656. The van der Waals surface area contributed by atoms with Gasteiger partial charge in [0.05, 0.1) is 11.8 Å². The number of aryl methyl sites for hydroxylation is 1. The van der Waals surface area contributed by atoms with Crippen LogP contribution >= 0.6 is 0 Å². The highest BCUT2D eigenvalue weighted by atomic mass is 16.1. The molecule has 1 aliphatic rings. The largest absolute Gasteiger partial charge is 0.357 e. The first-order valence-electron chi connectivity index (χ1n) is 8.08. The van der Waals surface area contributed by atoms with Gasteiger partial charge in [-0.05, 0) is 30.4 Å². The van der Waals surface area contributed by atoms with E-state index < -0.39 is 0 Å². The van der Waals surface area contributed by atoms with Crippen molar-refractivity contribution in [3.63, 3.8) is 0 Å². The number of aromatic nitrogens is 3. The molecule has 6 nitrogen and oxygen atoms in total. The molecule has 1 N–H and O–H groups in total. The standard InChI is InChI=1S/C17H23N5O/c1-13-5-7-22(8-6-13)16-4-3-14(9-18-16)10-19-17(23)15-11-20-21(2)12-15/h3-4,9,11-13H,5-8,10H2,1-2H3,(H,19,23). The Morgan fingerprint density at radius 3 is 2.70 bits per heavy atom. The molecule has 1 aliphatic heterocycles. The number of nitrogens with zero attached hydrogens (tertiary/aromatic N) is 4. The minimum Gasteiger partial charge on any atom is -0.357 e. The minimum atomic E-state index is -0.118. The van der Waals surface area contributed by atoms with Gasteiger partial charge in [-0.15, -0.1) is 0 Å². The van der Waals surface area contributed by atoms with Gasteiger partial charge in [0.15, 0.2) is 0 Å². The average molecular weight is 313 g/mol. The summed E-state index contributed by atoms with van der Waals surface area (Å²) in [5.74, 6) is 1.72. The second-order valence-corrected chi connectivity index (χ2v) is 6.28. The molecule has 1 saturated heterocycles. The third kappa shape index (κ3) is 3.88. The molecule has 0 saturated carbocycles. The van der Waals surface area contributed by atoms with E-state index in [1.54, 1.807) is 24.1 Å². The van der Waals surface area contributed by atoms with Crippen molar-refractivity contribution in [1.29, 1.82) is 0 Å². The first-order chi connectivity index (χ1) is 11.1. The molecule has 0 radical (unpaired) electrons. The number of carbonyl (C=O) groups is 1. The fourth-order valence-electron chi connectivity index (χ4n) is 2.77. The average Bonchev–Trinajstić information content (AvgIpc) is 3.00. The Hall–Kier alpha value is -2.37. The lowest BCUT2D eigenvalue weighted by Crippen LogP contribution is -2.33. The highest BCUT2D eigenvalue weighted by molar-refractivity contribution is 5.93. The number of piperidine rings is 1. The van der Waals surface area contributed by atoms with Gasteiger partial charge in [0, 0.05) is 39.1 Å². The fourth-order valence-corrected chi connectivity index (χ4v) is 2.77. The zero-order valence-electron chi connectivity index (χ0n) is 13.7. The van der Waals surface area contributed by atoms with Crippen LogP contribution < -0.4 is 10.2 Å². The number of hydrogen-bond acceptors (Lipinski definition) is 4. The molecule has 3 rings (SSSR count). The third-order valence-electron chi connectivity index (χ3n) is 4.34. The van der Waals surface area contributed by atoms with Gasteiger partial charge >= 0.3 is 0 Å². The Morgan fingerprint density at radius 1 is 1.30 bits per heavy atom. The van der Waals surface area contributed by atoms with Gasteiger partial charge in [-0.1, -0.05) is 13.0 Å². The van der Waals surface area contributed by atoms with E-state index in [1.165, 1.54) is 12.8 Å². The summed E-state index contributed by atoms with van der Waals surface area (Å²) in [5.41, 5.74) is 1.57. The van der Waals surface area contributed by atoms with Crippen LogP contribution in [0, 0.1) is 5.92 Å². The summed E-state index contributed by atoms with van der Waals surface area (Å²) < 4.78 is 1.62. The Balaban J connectivity index is 1.54. The SMILES string of the molecule is CC1CCN(c2ccc(CNC(=O)c3cnn(C)c3)cn2)CC1. The van der Waals surface area contributed by atoms with E-state index in [2.05, 4.69) is 27.2 Å². The van der Waals surface area contributed by atoms with E-state index in [-0.39, 0.29) is 5.91 Å². The zero-order valence-corrected chi connectivity index (χ0v) is 13.7. The summed E-state index contributed by atoms with van der Waals surface area (Å²) >= 11 is 0. The Kier molecular flexibility index (Phi) is 4.60. The molecule has 122 valence electrons. The molecule has 2 aromatic rings. The summed E-state index contributed by atoms with van der Waals surface area (Å²) in [4.78, 5) is 18.9. The number of amides is 1. The first-order valence-corrected chi connectivity index (χ1v) is 8.08. The summed E-state index contributed by atoms with van der Waals surface area (Å²) in [6, 6.07) is 4.07. The molecule has 0 aliphatic carbocycles. The number of carbonyl (C=O) groups excluding carboxylic acids is 1. The van der Waals surface area contributed by atoms with E-state index in [0.29, 0.717) is 12.1 Å². The molecule has 3 heterocycles. The van der Waals surface area contributed by atoms with Crippen molar-refractivity contribution in [2.45, 2.75) is 26.3 Å². The van der Waals surface area contributed by atoms with Gasteiger partial charge in [-0.3, -0.25) is 9.48 Å². The van der Waals surface area contributed by atoms with Gasteiger partial charge in [0.1, 0.15) is 5.82 Å². The van der Waals surface area contributed by atoms with Crippen molar-refractivity contribution in [2.24, 2.45) is 13.0 Å². The predicted molar refractivity (Wildman–Crippen MR) is 89.2 cm³/mol. The summed E-state index contributed by atoms with van der Waals surface area (Å²) in [7, 11) is 1.79. The normalized spacial score (nSPS) is 15.7. The molecule has 2 aromatic heterocycles. The minimum absolute atomic E-state index is 0.118. The van der Waals surface area contributed by atoms with Crippen LogP contribution in [0.15, 0.2) is 30.7 Å². The summed E-state index contributed by atoms with van der Waals surface area (Å²) in [5, 5.41) is 6.89. The number of nitrogens with one attached hydrogen (secondary N) is 1. The molecule has 1 amide bonds. The van der Waals surface area contributed by atoms with Crippen LogP contribution in [0.25, 0.3) is 0 Å². The number of hydrogen-bond donors (Lipinski definition) is 1. The lowest BCUT2D eigenvalue weighted by molar-refractivity contribution is 0.0951. The van der Waals surface area contributed by atoms with Crippen molar-refractivity contribution in [3.05, 3.63) is 41.9 Å². The quantitative estimate of drug-likeness (QED) is 0.937. The second-order valence-electron chi connectivity index (χ2n) is 6.28. The van der Waals surface area contributed by atoms with Gasteiger partial charge < -0.3 is 10.2 Å². The summed E-state index contributed by atoms with van der Waals surface area (Å²) in [6.07, 6.45) is 7.56. The van der Waals surface area contributed by atoms with E-state index in [4.69, 9.17) is 0 Å². The van der Waals surface area contributed by atoms with Crippen molar-refractivity contribution in [3.8, 4) is 0 Å². The highest BCUT2D eigenvalue weighted by Gasteiger charge is 2.16. The molecule has 1 fully saturated rings.